The number of fused-ring (bicyclic) bond motifs is 1. The molecule has 0 saturated carbocycles. The van der Waals surface area contributed by atoms with E-state index in [1.165, 1.54) is 12.3 Å². The van der Waals surface area contributed by atoms with Gasteiger partial charge in [-0.05, 0) is 6.07 Å². The number of carbonyl (C=O) groups is 1. The SMILES string of the molecule is Nc1c[nH]c2ncc(C(=O)O)cc12. The number of nitrogens with one attached hydrogen (secondary N) is 1. The van der Waals surface area contributed by atoms with Crippen LogP contribution < -0.4 is 5.73 Å². The van der Waals surface area contributed by atoms with E-state index < -0.39 is 5.97 Å². The van der Waals surface area contributed by atoms with Crippen molar-refractivity contribution in [2.45, 2.75) is 0 Å². The summed E-state index contributed by atoms with van der Waals surface area (Å²) in [6.07, 6.45) is 2.88. The second kappa shape index (κ2) is 2.48. The molecule has 66 valence electrons. The Morgan fingerprint density at radius 1 is 1.62 bits per heavy atom. The number of rotatable bonds is 1. The van der Waals surface area contributed by atoms with Crippen LogP contribution in [0.1, 0.15) is 10.4 Å². The number of aromatic nitrogens is 2. The van der Waals surface area contributed by atoms with Crippen LogP contribution in [-0.2, 0) is 0 Å². The molecule has 0 unspecified atom stereocenters. The molecule has 5 heteroatoms. The first-order chi connectivity index (χ1) is 6.18. The largest absolute Gasteiger partial charge is 0.478 e. The molecule has 2 heterocycles. The zero-order valence-electron chi connectivity index (χ0n) is 6.61. The molecule has 0 aliphatic rings. The maximum absolute atomic E-state index is 10.6. The summed E-state index contributed by atoms with van der Waals surface area (Å²) in [4.78, 5) is 17.3. The summed E-state index contributed by atoms with van der Waals surface area (Å²) < 4.78 is 0. The van der Waals surface area contributed by atoms with Gasteiger partial charge in [-0.3, -0.25) is 0 Å². The minimum atomic E-state index is -1.00. The van der Waals surface area contributed by atoms with Crippen LogP contribution in [-0.4, -0.2) is 21.0 Å². The van der Waals surface area contributed by atoms with Crippen molar-refractivity contribution in [1.82, 2.24) is 9.97 Å². The molecule has 0 aromatic carbocycles. The van der Waals surface area contributed by atoms with Gasteiger partial charge >= 0.3 is 5.97 Å². The lowest BCUT2D eigenvalue weighted by atomic mass is 10.2. The van der Waals surface area contributed by atoms with E-state index in [-0.39, 0.29) is 5.56 Å². The van der Waals surface area contributed by atoms with E-state index in [9.17, 15) is 4.79 Å². The van der Waals surface area contributed by atoms with Gasteiger partial charge in [-0.25, -0.2) is 9.78 Å². The molecule has 0 bridgehead atoms. The highest BCUT2D eigenvalue weighted by molar-refractivity contribution is 5.96. The maximum Gasteiger partial charge on any atom is 0.337 e. The Balaban J connectivity index is 2.72. The van der Waals surface area contributed by atoms with Gasteiger partial charge in [-0.1, -0.05) is 0 Å². The van der Waals surface area contributed by atoms with Gasteiger partial charge in [-0.15, -0.1) is 0 Å². The van der Waals surface area contributed by atoms with Gasteiger partial charge in [0.1, 0.15) is 5.65 Å². The molecule has 0 fully saturated rings. The number of anilines is 1. The fraction of sp³-hybridized carbons (Fsp3) is 0. The molecule has 0 saturated heterocycles. The van der Waals surface area contributed by atoms with Crippen LogP contribution in [0, 0.1) is 0 Å². The van der Waals surface area contributed by atoms with Gasteiger partial charge in [0.15, 0.2) is 0 Å². The summed E-state index contributed by atoms with van der Waals surface area (Å²) >= 11 is 0. The Morgan fingerprint density at radius 2 is 2.38 bits per heavy atom. The van der Waals surface area contributed by atoms with E-state index in [1.807, 2.05) is 0 Å². The molecule has 0 amide bonds. The summed E-state index contributed by atoms with van der Waals surface area (Å²) in [5, 5.41) is 9.32. The van der Waals surface area contributed by atoms with E-state index in [4.69, 9.17) is 10.8 Å². The van der Waals surface area contributed by atoms with Crippen LogP contribution in [0.4, 0.5) is 5.69 Å². The molecular weight excluding hydrogens is 170 g/mol. The Labute approximate surface area is 73.2 Å². The third-order valence-electron chi connectivity index (χ3n) is 1.81. The highest BCUT2D eigenvalue weighted by atomic mass is 16.4. The molecule has 4 N–H and O–H groups in total. The average Bonchev–Trinajstić information content (AvgIpc) is 2.47. The Kier molecular flexibility index (Phi) is 1.45. The van der Waals surface area contributed by atoms with Crippen LogP contribution >= 0.6 is 0 Å². The van der Waals surface area contributed by atoms with E-state index in [1.54, 1.807) is 6.20 Å². The number of aromatic carboxylic acids is 1. The predicted octanol–water partition coefficient (Wildman–Crippen LogP) is 0.843. The topological polar surface area (TPSA) is 92.0 Å². The van der Waals surface area contributed by atoms with E-state index >= 15 is 0 Å². The standard InChI is InChI=1S/C8H7N3O2/c9-6-3-11-7-5(6)1-4(2-10-7)8(12)13/h1-3H,9H2,(H,10,11)(H,12,13). The monoisotopic (exact) mass is 177 g/mol. The van der Waals surface area contributed by atoms with E-state index in [2.05, 4.69) is 9.97 Å². The molecule has 0 aliphatic heterocycles. The number of aromatic amines is 1. The fourth-order valence-corrected chi connectivity index (χ4v) is 1.14. The number of pyridine rings is 1. The Hall–Kier alpha value is -2.04. The van der Waals surface area contributed by atoms with Crippen molar-refractivity contribution in [2.24, 2.45) is 0 Å². The van der Waals surface area contributed by atoms with Gasteiger partial charge in [0.2, 0.25) is 0 Å². The third kappa shape index (κ3) is 1.10. The summed E-state index contributed by atoms with van der Waals surface area (Å²) in [5.41, 5.74) is 6.82. The van der Waals surface area contributed by atoms with Crippen LogP contribution in [0.15, 0.2) is 18.5 Å². The molecule has 2 aromatic heterocycles. The number of H-pyrrole nitrogens is 1. The third-order valence-corrected chi connectivity index (χ3v) is 1.81. The summed E-state index contributed by atoms with van der Waals surface area (Å²) in [7, 11) is 0. The molecule has 2 rings (SSSR count). The highest BCUT2D eigenvalue weighted by Crippen LogP contribution is 2.18. The zero-order chi connectivity index (χ0) is 9.42. The van der Waals surface area contributed by atoms with Crippen molar-refractivity contribution in [2.75, 3.05) is 5.73 Å². The van der Waals surface area contributed by atoms with Gasteiger partial charge in [0.25, 0.3) is 0 Å². The number of carboxylic acid groups (broad SMARTS) is 1. The summed E-state index contributed by atoms with van der Waals surface area (Å²) in [6.45, 7) is 0. The quantitative estimate of drug-likeness (QED) is 0.601. The van der Waals surface area contributed by atoms with Gasteiger partial charge in [0.05, 0.1) is 11.3 Å². The van der Waals surface area contributed by atoms with Crippen molar-refractivity contribution >= 4 is 22.7 Å². The zero-order valence-corrected chi connectivity index (χ0v) is 6.61. The second-order valence-electron chi connectivity index (χ2n) is 2.67. The minimum absolute atomic E-state index is 0.138. The first kappa shape index (κ1) is 7.60. The van der Waals surface area contributed by atoms with Crippen molar-refractivity contribution in [3.8, 4) is 0 Å². The molecule has 13 heavy (non-hydrogen) atoms. The molecule has 5 nitrogen and oxygen atoms in total. The number of hydrogen-bond acceptors (Lipinski definition) is 3. The van der Waals surface area contributed by atoms with E-state index in [0.29, 0.717) is 16.7 Å². The molecule has 0 spiro atoms. The lowest BCUT2D eigenvalue weighted by molar-refractivity contribution is 0.0696. The second-order valence-corrected chi connectivity index (χ2v) is 2.67. The molecule has 0 atom stereocenters. The fourth-order valence-electron chi connectivity index (χ4n) is 1.14. The molecular formula is C8H7N3O2. The van der Waals surface area contributed by atoms with Crippen molar-refractivity contribution in [3.05, 3.63) is 24.0 Å². The summed E-state index contributed by atoms with van der Waals surface area (Å²) in [6, 6.07) is 1.50. The maximum atomic E-state index is 10.6. The lowest BCUT2D eigenvalue weighted by Gasteiger charge is -1.94. The van der Waals surface area contributed by atoms with Crippen LogP contribution in [0.2, 0.25) is 0 Å². The predicted molar refractivity (Wildman–Crippen MR) is 47.5 cm³/mol. The van der Waals surface area contributed by atoms with Crippen molar-refractivity contribution in [1.29, 1.82) is 0 Å². The first-order valence-electron chi connectivity index (χ1n) is 3.64. The average molecular weight is 177 g/mol. The molecule has 2 aromatic rings. The number of nitrogens with two attached hydrogens (primary N) is 1. The smallest absolute Gasteiger partial charge is 0.337 e. The van der Waals surface area contributed by atoms with Gasteiger partial charge in [0, 0.05) is 17.8 Å². The Bertz CT molecular complexity index is 475. The van der Waals surface area contributed by atoms with Crippen LogP contribution in [0.25, 0.3) is 11.0 Å². The number of nitrogens with zero attached hydrogens (tertiary/aromatic N) is 1. The first-order valence-corrected chi connectivity index (χ1v) is 3.64. The van der Waals surface area contributed by atoms with Crippen LogP contribution in [0.3, 0.4) is 0 Å². The number of carboxylic acids is 1. The molecule has 0 radical (unpaired) electrons. The van der Waals surface area contributed by atoms with Crippen molar-refractivity contribution < 1.29 is 9.90 Å². The normalized spacial score (nSPS) is 10.5. The van der Waals surface area contributed by atoms with Crippen molar-refractivity contribution in [3.63, 3.8) is 0 Å². The van der Waals surface area contributed by atoms with Crippen LogP contribution in [0.5, 0.6) is 0 Å². The minimum Gasteiger partial charge on any atom is -0.478 e. The number of nitrogen functional groups attached to an aromatic ring is 1. The Morgan fingerprint density at radius 3 is 3.08 bits per heavy atom. The molecule has 0 aliphatic carbocycles. The van der Waals surface area contributed by atoms with E-state index in [0.717, 1.165) is 0 Å². The highest BCUT2D eigenvalue weighted by Gasteiger charge is 2.07. The number of hydrogen-bond donors (Lipinski definition) is 3. The summed E-state index contributed by atoms with van der Waals surface area (Å²) in [5.74, 6) is -1.00. The van der Waals surface area contributed by atoms with Gasteiger partial charge in [-0.2, -0.15) is 0 Å². The lowest BCUT2D eigenvalue weighted by Crippen LogP contribution is -1.96. The van der Waals surface area contributed by atoms with Gasteiger partial charge < -0.3 is 15.8 Å².